The van der Waals surface area contributed by atoms with Crippen LogP contribution < -0.4 is 0 Å². The Morgan fingerprint density at radius 2 is 2.11 bits per heavy atom. The molecule has 0 saturated carbocycles. The first kappa shape index (κ1) is 11.3. The van der Waals surface area contributed by atoms with Crippen LogP contribution in [0.1, 0.15) is 5.69 Å². The van der Waals surface area contributed by atoms with Crippen molar-refractivity contribution < 1.29 is 5.11 Å². The Bertz CT molecular complexity index is 686. The number of benzene rings is 1. The third kappa shape index (κ3) is 1.79. The normalized spacial score (nSPS) is 11.2. The zero-order valence-corrected chi connectivity index (χ0v) is 10.3. The molecule has 3 aromatic rings. The maximum Gasteiger partial charge on any atom is 0.150 e. The second-order valence-corrected chi connectivity index (χ2v) is 4.43. The van der Waals surface area contributed by atoms with E-state index in [0.717, 1.165) is 28.0 Å². The molecule has 0 bridgehead atoms. The maximum absolute atomic E-state index is 8.94. The predicted octanol–water partition coefficient (Wildman–Crippen LogP) is 2.75. The van der Waals surface area contributed by atoms with Crippen molar-refractivity contribution >= 4 is 22.5 Å². The molecule has 4 nitrogen and oxygen atoms in total. The van der Waals surface area contributed by atoms with Crippen LogP contribution in [0.5, 0.6) is 0 Å². The Hall–Kier alpha value is -1.78. The molecular formula is C13H12ClN3O. The van der Waals surface area contributed by atoms with Crippen molar-refractivity contribution in [3.8, 4) is 11.4 Å². The van der Waals surface area contributed by atoms with Crippen molar-refractivity contribution in [2.75, 3.05) is 6.61 Å². The van der Waals surface area contributed by atoms with Gasteiger partial charge < -0.3 is 15.1 Å². The number of aliphatic hydroxyl groups is 1. The van der Waals surface area contributed by atoms with Crippen LogP contribution in [0, 0.1) is 0 Å². The van der Waals surface area contributed by atoms with Gasteiger partial charge in [0.1, 0.15) is 5.82 Å². The molecule has 0 aliphatic rings. The lowest BCUT2D eigenvalue weighted by Gasteiger charge is -1.94. The summed E-state index contributed by atoms with van der Waals surface area (Å²) in [5, 5.41) is 10.5. The van der Waals surface area contributed by atoms with Crippen LogP contribution in [0.3, 0.4) is 0 Å². The van der Waals surface area contributed by atoms with E-state index in [2.05, 4.69) is 15.0 Å². The minimum absolute atomic E-state index is 0.0508. The smallest absolute Gasteiger partial charge is 0.150 e. The molecule has 1 aromatic carbocycles. The number of aliphatic hydroxyl groups excluding tert-OH is 1. The first-order chi connectivity index (χ1) is 8.79. The molecule has 3 rings (SSSR count). The summed E-state index contributed by atoms with van der Waals surface area (Å²) in [6, 6.07) is 8.01. The van der Waals surface area contributed by atoms with Gasteiger partial charge in [0.15, 0.2) is 5.15 Å². The van der Waals surface area contributed by atoms with E-state index in [1.165, 1.54) is 0 Å². The zero-order chi connectivity index (χ0) is 12.5. The lowest BCUT2D eigenvalue weighted by atomic mass is 10.2. The van der Waals surface area contributed by atoms with Crippen molar-refractivity contribution in [1.29, 1.82) is 0 Å². The number of halogens is 1. The highest BCUT2D eigenvalue weighted by Crippen LogP contribution is 2.28. The molecule has 0 amide bonds. The van der Waals surface area contributed by atoms with Gasteiger partial charge in [0.25, 0.3) is 0 Å². The first-order valence-electron chi connectivity index (χ1n) is 5.71. The van der Waals surface area contributed by atoms with Crippen LogP contribution >= 0.6 is 11.6 Å². The number of fused-ring (bicyclic) bond motifs is 1. The van der Waals surface area contributed by atoms with Gasteiger partial charge in [-0.25, -0.2) is 4.98 Å². The molecule has 0 unspecified atom stereocenters. The number of nitrogens with zero attached hydrogens (tertiary/aromatic N) is 1. The van der Waals surface area contributed by atoms with Crippen LogP contribution in [0.15, 0.2) is 30.5 Å². The number of nitrogens with one attached hydrogen (secondary N) is 2. The molecule has 92 valence electrons. The fourth-order valence-corrected chi connectivity index (χ4v) is 2.29. The average Bonchev–Trinajstić information content (AvgIpc) is 2.94. The highest BCUT2D eigenvalue weighted by Gasteiger charge is 2.12. The standard InChI is InChI=1S/C13H12ClN3O/c14-12-11(5-6-18)16-13(17-12)9-7-15-10-4-2-1-3-8(9)10/h1-4,7,15,18H,5-6H2,(H,16,17). The summed E-state index contributed by atoms with van der Waals surface area (Å²) in [7, 11) is 0. The summed E-state index contributed by atoms with van der Waals surface area (Å²) in [5.74, 6) is 0.723. The number of rotatable bonds is 3. The van der Waals surface area contributed by atoms with Crippen molar-refractivity contribution in [3.63, 3.8) is 0 Å². The third-order valence-electron chi connectivity index (χ3n) is 2.93. The van der Waals surface area contributed by atoms with E-state index in [4.69, 9.17) is 16.7 Å². The Kier molecular flexibility index (Phi) is 2.81. The predicted molar refractivity (Wildman–Crippen MR) is 71.7 cm³/mol. The number of imidazole rings is 1. The number of aromatic amines is 2. The summed E-state index contributed by atoms with van der Waals surface area (Å²) in [6.07, 6.45) is 2.39. The lowest BCUT2D eigenvalue weighted by molar-refractivity contribution is 0.298. The van der Waals surface area contributed by atoms with Gasteiger partial charge in [-0.2, -0.15) is 0 Å². The third-order valence-corrected chi connectivity index (χ3v) is 3.25. The number of hydrogen-bond donors (Lipinski definition) is 3. The SMILES string of the molecule is OCCc1[nH]c(-c2c[nH]c3ccccc23)nc1Cl. The van der Waals surface area contributed by atoms with Crippen LogP contribution in [0.25, 0.3) is 22.3 Å². The maximum atomic E-state index is 8.94. The Morgan fingerprint density at radius 3 is 2.94 bits per heavy atom. The van der Waals surface area contributed by atoms with E-state index >= 15 is 0 Å². The summed E-state index contributed by atoms with van der Waals surface area (Å²) in [5.41, 5.74) is 2.81. The van der Waals surface area contributed by atoms with Crippen molar-refractivity contribution in [2.45, 2.75) is 6.42 Å². The topological polar surface area (TPSA) is 64.7 Å². The number of hydrogen-bond acceptors (Lipinski definition) is 2. The van der Waals surface area contributed by atoms with Gasteiger partial charge in [0.2, 0.25) is 0 Å². The zero-order valence-electron chi connectivity index (χ0n) is 9.57. The molecule has 3 N–H and O–H groups in total. The number of H-pyrrole nitrogens is 2. The van der Waals surface area contributed by atoms with E-state index in [0.29, 0.717) is 11.6 Å². The number of para-hydroxylation sites is 1. The van der Waals surface area contributed by atoms with E-state index in [9.17, 15) is 0 Å². The monoisotopic (exact) mass is 261 g/mol. The molecule has 0 radical (unpaired) electrons. The Labute approximate surface area is 109 Å². The summed E-state index contributed by atoms with van der Waals surface area (Å²) in [4.78, 5) is 10.6. The summed E-state index contributed by atoms with van der Waals surface area (Å²) in [6.45, 7) is 0.0508. The van der Waals surface area contributed by atoms with E-state index < -0.39 is 0 Å². The number of aromatic nitrogens is 3. The first-order valence-corrected chi connectivity index (χ1v) is 6.09. The largest absolute Gasteiger partial charge is 0.396 e. The van der Waals surface area contributed by atoms with Gasteiger partial charge in [0, 0.05) is 35.7 Å². The molecule has 2 aromatic heterocycles. The molecule has 0 spiro atoms. The van der Waals surface area contributed by atoms with Crippen molar-refractivity contribution in [2.24, 2.45) is 0 Å². The van der Waals surface area contributed by atoms with Crippen LogP contribution in [-0.4, -0.2) is 26.7 Å². The molecular weight excluding hydrogens is 250 g/mol. The highest BCUT2D eigenvalue weighted by molar-refractivity contribution is 6.30. The second kappa shape index (κ2) is 4.48. The van der Waals surface area contributed by atoms with E-state index in [1.807, 2.05) is 30.5 Å². The quantitative estimate of drug-likeness (QED) is 0.679. The van der Waals surface area contributed by atoms with Gasteiger partial charge in [-0.3, -0.25) is 0 Å². The molecule has 18 heavy (non-hydrogen) atoms. The van der Waals surface area contributed by atoms with E-state index in [1.54, 1.807) is 0 Å². The van der Waals surface area contributed by atoms with Crippen LogP contribution in [0.2, 0.25) is 5.15 Å². The van der Waals surface area contributed by atoms with Crippen LogP contribution in [-0.2, 0) is 6.42 Å². The Balaban J connectivity index is 2.11. The summed E-state index contributed by atoms with van der Waals surface area (Å²) < 4.78 is 0. The fraction of sp³-hybridized carbons (Fsp3) is 0.154. The lowest BCUT2D eigenvalue weighted by Crippen LogP contribution is -1.91. The van der Waals surface area contributed by atoms with Crippen LogP contribution in [0.4, 0.5) is 0 Å². The minimum Gasteiger partial charge on any atom is -0.396 e. The molecule has 2 heterocycles. The molecule has 0 atom stereocenters. The second-order valence-electron chi connectivity index (χ2n) is 4.08. The van der Waals surface area contributed by atoms with Gasteiger partial charge >= 0.3 is 0 Å². The molecule has 5 heteroatoms. The Morgan fingerprint density at radius 1 is 1.28 bits per heavy atom. The van der Waals surface area contributed by atoms with Gasteiger partial charge in [-0.15, -0.1) is 0 Å². The van der Waals surface area contributed by atoms with Crippen molar-refractivity contribution in [1.82, 2.24) is 15.0 Å². The molecule has 0 aliphatic carbocycles. The molecule has 0 aliphatic heterocycles. The van der Waals surface area contributed by atoms with E-state index in [-0.39, 0.29) is 6.61 Å². The minimum atomic E-state index is 0.0508. The fourth-order valence-electron chi connectivity index (χ4n) is 2.06. The highest BCUT2D eigenvalue weighted by atomic mass is 35.5. The average molecular weight is 262 g/mol. The van der Waals surface area contributed by atoms with Gasteiger partial charge in [0.05, 0.1) is 5.69 Å². The van der Waals surface area contributed by atoms with Gasteiger partial charge in [-0.05, 0) is 6.07 Å². The molecule has 0 saturated heterocycles. The van der Waals surface area contributed by atoms with Gasteiger partial charge in [-0.1, -0.05) is 29.8 Å². The summed E-state index contributed by atoms with van der Waals surface area (Å²) >= 11 is 6.03. The molecule has 0 fully saturated rings. The van der Waals surface area contributed by atoms with Crippen molar-refractivity contribution in [3.05, 3.63) is 41.3 Å².